The largest absolute Gasteiger partial charge is 0.444 e. The Balaban J connectivity index is 1.67. The molecule has 1 aromatic rings. The molecular formula is C23H34N2O4. The predicted octanol–water partition coefficient (Wildman–Crippen LogP) is 3.84. The maximum atomic E-state index is 13.4. The van der Waals surface area contributed by atoms with Crippen molar-refractivity contribution in [1.82, 2.24) is 9.80 Å². The van der Waals surface area contributed by atoms with E-state index in [1.54, 1.807) is 4.90 Å². The van der Waals surface area contributed by atoms with Crippen LogP contribution in [0.4, 0.5) is 4.79 Å². The number of benzene rings is 1. The van der Waals surface area contributed by atoms with Crippen molar-refractivity contribution in [2.24, 2.45) is 5.92 Å². The van der Waals surface area contributed by atoms with Gasteiger partial charge in [-0.25, -0.2) is 4.79 Å². The second kappa shape index (κ2) is 9.61. The SMILES string of the molecule is CC(C)(C)OC(=O)N1CCCC(C(=O)N(Cc2ccccc2)CC2CCCO2)C1. The van der Waals surface area contributed by atoms with Gasteiger partial charge in [0.25, 0.3) is 0 Å². The summed E-state index contributed by atoms with van der Waals surface area (Å²) in [5.41, 5.74) is 0.575. The quantitative estimate of drug-likeness (QED) is 0.751. The Morgan fingerprint density at radius 1 is 1.17 bits per heavy atom. The third kappa shape index (κ3) is 6.46. The van der Waals surface area contributed by atoms with Crippen LogP contribution < -0.4 is 0 Å². The van der Waals surface area contributed by atoms with Crippen LogP contribution in [0.5, 0.6) is 0 Å². The number of nitrogens with zero attached hydrogens (tertiary/aromatic N) is 2. The summed E-state index contributed by atoms with van der Waals surface area (Å²) in [5.74, 6) is -0.0843. The highest BCUT2D eigenvalue weighted by atomic mass is 16.6. The lowest BCUT2D eigenvalue weighted by atomic mass is 9.96. The van der Waals surface area contributed by atoms with E-state index in [1.807, 2.05) is 56.0 Å². The van der Waals surface area contributed by atoms with Gasteiger partial charge in [-0.1, -0.05) is 30.3 Å². The van der Waals surface area contributed by atoms with E-state index >= 15 is 0 Å². The van der Waals surface area contributed by atoms with E-state index in [0.717, 1.165) is 37.9 Å². The molecule has 2 heterocycles. The van der Waals surface area contributed by atoms with Crippen molar-refractivity contribution >= 4 is 12.0 Å². The molecule has 2 saturated heterocycles. The molecule has 0 N–H and O–H groups in total. The third-order valence-electron chi connectivity index (χ3n) is 5.40. The normalized spacial score (nSPS) is 22.4. The Bertz CT molecular complexity index is 680. The number of hydrogen-bond acceptors (Lipinski definition) is 4. The minimum Gasteiger partial charge on any atom is -0.444 e. The molecule has 2 fully saturated rings. The molecule has 2 aliphatic rings. The van der Waals surface area contributed by atoms with Crippen molar-refractivity contribution < 1.29 is 19.1 Å². The van der Waals surface area contributed by atoms with E-state index in [1.165, 1.54) is 0 Å². The number of carbonyl (C=O) groups excluding carboxylic acids is 2. The number of hydrogen-bond donors (Lipinski definition) is 0. The minimum absolute atomic E-state index is 0.105. The summed E-state index contributed by atoms with van der Waals surface area (Å²) < 4.78 is 11.3. The van der Waals surface area contributed by atoms with Crippen LogP contribution in [0.2, 0.25) is 0 Å². The molecule has 0 aromatic heterocycles. The molecule has 3 rings (SSSR count). The summed E-state index contributed by atoms with van der Waals surface area (Å²) in [7, 11) is 0. The lowest BCUT2D eigenvalue weighted by Gasteiger charge is -2.36. The van der Waals surface area contributed by atoms with Gasteiger partial charge < -0.3 is 19.3 Å². The van der Waals surface area contributed by atoms with Crippen LogP contribution in [0, 0.1) is 5.92 Å². The van der Waals surface area contributed by atoms with Crippen molar-refractivity contribution in [3.05, 3.63) is 35.9 Å². The average molecular weight is 403 g/mol. The summed E-state index contributed by atoms with van der Waals surface area (Å²) in [6.07, 6.45) is 3.43. The zero-order valence-corrected chi connectivity index (χ0v) is 17.9. The van der Waals surface area contributed by atoms with Gasteiger partial charge >= 0.3 is 6.09 Å². The van der Waals surface area contributed by atoms with Crippen molar-refractivity contribution in [1.29, 1.82) is 0 Å². The van der Waals surface area contributed by atoms with Crippen molar-refractivity contribution in [2.75, 3.05) is 26.2 Å². The highest BCUT2D eigenvalue weighted by molar-refractivity contribution is 5.80. The predicted molar refractivity (Wildman–Crippen MR) is 111 cm³/mol. The van der Waals surface area contributed by atoms with Crippen molar-refractivity contribution in [3.8, 4) is 0 Å². The lowest BCUT2D eigenvalue weighted by molar-refractivity contribution is -0.139. The van der Waals surface area contributed by atoms with Crippen LogP contribution in [0.3, 0.4) is 0 Å². The first-order valence-corrected chi connectivity index (χ1v) is 10.7. The van der Waals surface area contributed by atoms with Gasteiger partial charge in [0.05, 0.1) is 12.0 Å². The minimum atomic E-state index is -0.535. The number of rotatable bonds is 5. The van der Waals surface area contributed by atoms with Crippen LogP contribution in [-0.2, 0) is 20.8 Å². The van der Waals surface area contributed by atoms with Gasteiger partial charge in [-0.05, 0) is 52.0 Å². The molecule has 2 unspecified atom stereocenters. The molecule has 2 aliphatic heterocycles. The van der Waals surface area contributed by atoms with Crippen LogP contribution in [-0.4, -0.2) is 59.7 Å². The molecule has 2 atom stereocenters. The second-order valence-corrected chi connectivity index (χ2v) is 9.10. The zero-order chi connectivity index (χ0) is 20.9. The monoisotopic (exact) mass is 402 g/mol. The molecule has 0 radical (unpaired) electrons. The Morgan fingerprint density at radius 3 is 2.59 bits per heavy atom. The molecule has 0 bridgehead atoms. The van der Waals surface area contributed by atoms with Crippen LogP contribution >= 0.6 is 0 Å². The fourth-order valence-corrected chi connectivity index (χ4v) is 4.00. The number of piperidine rings is 1. The Morgan fingerprint density at radius 2 is 1.93 bits per heavy atom. The van der Waals surface area contributed by atoms with E-state index in [-0.39, 0.29) is 24.0 Å². The van der Waals surface area contributed by atoms with Crippen LogP contribution in [0.1, 0.15) is 52.0 Å². The van der Waals surface area contributed by atoms with Gasteiger partial charge in [0.15, 0.2) is 0 Å². The average Bonchev–Trinajstić information content (AvgIpc) is 3.20. The Labute approximate surface area is 174 Å². The zero-order valence-electron chi connectivity index (χ0n) is 17.9. The molecule has 0 aliphatic carbocycles. The number of likely N-dealkylation sites (tertiary alicyclic amines) is 1. The van der Waals surface area contributed by atoms with E-state index in [0.29, 0.717) is 26.2 Å². The number of amides is 2. The van der Waals surface area contributed by atoms with Gasteiger partial charge in [0.2, 0.25) is 5.91 Å². The Hall–Kier alpha value is -2.08. The maximum Gasteiger partial charge on any atom is 0.410 e. The molecular weight excluding hydrogens is 368 g/mol. The van der Waals surface area contributed by atoms with Gasteiger partial charge in [0.1, 0.15) is 5.60 Å². The molecule has 0 spiro atoms. The fraction of sp³-hybridized carbons (Fsp3) is 0.652. The second-order valence-electron chi connectivity index (χ2n) is 9.10. The highest BCUT2D eigenvalue weighted by Gasteiger charge is 2.34. The first-order chi connectivity index (χ1) is 13.8. The van der Waals surface area contributed by atoms with Gasteiger partial charge in [-0.3, -0.25) is 4.79 Å². The molecule has 2 amide bonds. The Kier molecular flexibility index (Phi) is 7.17. The van der Waals surface area contributed by atoms with Crippen molar-refractivity contribution in [3.63, 3.8) is 0 Å². The molecule has 1 aromatic carbocycles. The smallest absolute Gasteiger partial charge is 0.410 e. The van der Waals surface area contributed by atoms with E-state index < -0.39 is 5.60 Å². The fourth-order valence-electron chi connectivity index (χ4n) is 4.00. The summed E-state index contributed by atoms with van der Waals surface area (Å²) in [5, 5.41) is 0. The standard InChI is InChI=1S/C23H34N2O4/c1-23(2,3)29-22(27)24-13-7-11-19(16-24)21(26)25(17-20-12-8-14-28-20)15-18-9-5-4-6-10-18/h4-6,9-10,19-20H,7-8,11-17H2,1-3H3. The van der Waals surface area contributed by atoms with E-state index in [9.17, 15) is 9.59 Å². The van der Waals surface area contributed by atoms with Gasteiger partial charge in [0, 0.05) is 32.8 Å². The van der Waals surface area contributed by atoms with Gasteiger partial charge in [-0.2, -0.15) is 0 Å². The molecule has 6 heteroatoms. The molecule has 0 saturated carbocycles. The first-order valence-electron chi connectivity index (χ1n) is 10.7. The molecule has 160 valence electrons. The highest BCUT2D eigenvalue weighted by Crippen LogP contribution is 2.23. The van der Waals surface area contributed by atoms with Crippen molar-refractivity contribution in [2.45, 2.75) is 64.7 Å². The summed E-state index contributed by atoms with van der Waals surface area (Å²) in [4.78, 5) is 29.5. The van der Waals surface area contributed by atoms with E-state index in [2.05, 4.69) is 0 Å². The van der Waals surface area contributed by atoms with Crippen LogP contribution in [0.15, 0.2) is 30.3 Å². The molecule has 29 heavy (non-hydrogen) atoms. The van der Waals surface area contributed by atoms with Gasteiger partial charge in [-0.15, -0.1) is 0 Å². The summed E-state index contributed by atoms with van der Waals surface area (Å²) >= 11 is 0. The third-order valence-corrected chi connectivity index (χ3v) is 5.40. The first kappa shape index (κ1) is 21.6. The lowest BCUT2D eigenvalue weighted by Crippen LogP contribution is -2.49. The number of carbonyl (C=O) groups is 2. The molecule has 6 nitrogen and oxygen atoms in total. The maximum absolute atomic E-state index is 13.4. The van der Waals surface area contributed by atoms with E-state index in [4.69, 9.17) is 9.47 Å². The summed E-state index contributed by atoms with van der Waals surface area (Å²) in [6, 6.07) is 10.1. The topological polar surface area (TPSA) is 59.1 Å². The van der Waals surface area contributed by atoms with Crippen LogP contribution in [0.25, 0.3) is 0 Å². The number of ether oxygens (including phenoxy) is 2. The summed E-state index contributed by atoms with van der Waals surface area (Å²) in [6.45, 7) is 8.60.